The van der Waals surface area contributed by atoms with E-state index in [9.17, 15) is 30.0 Å². The van der Waals surface area contributed by atoms with Crippen molar-refractivity contribution in [2.75, 3.05) is 33.8 Å². The normalized spacial score (nSPS) is 29.9. The first kappa shape index (κ1) is 53.3. The van der Waals surface area contributed by atoms with Crippen LogP contribution in [-0.4, -0.2) is 140 Å². The quantitative estimate of drug-likeness (QED) is 0.0897. The number of esters is 1. The molecule has 3 heterocycles. The number of rotatable bonds is 16. The maximum absolute atomic E-state index is 14.0. The van der Waals surface area contributed by atoms with Gasteiger partial charge in [-0.1, -0.05) is 92.2 Å². The first-order valence-corrected chi connectivity index (χ1v) is 24.4. The van der Waals surface area contributed by atoms with Crippen LogP contribution >= 0.6 is 0 Å². The topological polar surface area (TPSA) is 189 Å². The molecule has 1 fully saturated rings. The summed E-state index contributed by atoms with van der Waals surface area (Å²) in [6, 6.07) is 26.8. The molecule has 2 aliphatic rings. The number of hydrogen-bond donors (Lipinski definition) is 4. The smallest absolute Gasteiger partial charge is 0.308 e. The second-order valence-electron chi connectivity index (χ2n) is 19.1. The summed E-state index contributed by atoms with van der Waals surface area (Å²) in [4.78, 5) is 31.6. The van der Waals surface area contributed by atoms with Gasteiger partial charge in [0.05, 0.1) is 56.2 Å². The number of cyclic esters (lactones) is 1. The van der Waals surface area contributed by atoms with Crippen LogP contribution in [0, 0.1) is 23.7 Å². The minimum atomic E-state index is -1.28. The summed E-state index contributed by atoms with van der Waals surface area (Å²) < 4.78 is 26.8. The van der Waals surface area contributed by atoms with Crippen molar-refractivity contribution in [3.8, 4) is 22.8 Å². The Hall–Kier alpha value is -5.10. The third-order valence-corrected chi connectivity index (χ3v) is 13.5. The average Bonchev–Trinajstić information content (AvgIpc) is 3.82. The van der Waals surface area contributed by atoms with Crippen LogP contribution in [0.1, 0.15) is 65.9 Å². The van der Waals surface area contributed by atoms with Crippen molar-refractivity contribution in [1.82, 2.24) is 24.8 Å². The highest BCUT2D eigenvalue weighted by atomic mass is 16.7. The zero-order valence-corrected chi connectivity index (χ0v) is 41.2. The van der Waals surface area contributed by atoms with Crippen LogP contribution in [0.2, 0.25) is 0 Å². The lowest BCUT2D eigenvalue weighted by Gasteiger charge is -2.46. The molecule has 1 aromatic heterocycles. The molecule has 15 heteroatoms. The molecule has 15 nitrogen and oxygen atoms in total. The Morgan fingerprint density at radius 3 is 2.22 bits per heavy atom. The lowest BCUT2D eigenvalue weighted by Crippen LogP contribution is -2.63. The monoisotopic (exact) mass is 952 g/mol. The zero-order valence-electron chi connectivity index (χ0n) is 41.2. The van der Waals surface area contributed by atoms with Gasteiger partial charge in [0, 0.05) is 36.4 Å². The second-order valence-corrected chi connectivity index (χ2v) is 19.1. The van der Waals surface area contributed by atoms with E-state index in [2.05, 4.69) is 27.3 Å². The Balaban J connectivity index is 1.29. The van der Waals surface area contributed by atoms with Crippen molar-refractivity contribution in [3.05, 3.63) is 120 Å². The molecule has 0 spiro atoms. The molecule has 2 aliphatic heterocycles. The van der Waals surface area contributed by atoms with Gasteiger partial charge >= 0.3 is 5.97 Å². The Morgan fingerprint density at radius 2 is 1.55 bits per heavy atom. The van der Waals surface area contributed by atoms with Crippen molar-refractivity contribution in [2.24, 2.45) is 23.7 Å². The van der Waals surface area contributed by atoms with Gasteiger partial charge in [-0.2, -0.15) is 0 Å². The van der Waals surface area contributed by atoms with E-state index >= 15 is 0 Å². The van der Waals surface area contributed by atoms with Crippen LogP contribution < -0.4 is 4.74 Å². The van der Waals surface area contributed by atoms with Crippen molar-refractivity contribution in [3.63, 3.8) is 0 Å². The zero-order chi connectivity index (χ0) is 49.6. The van der Waals surface area contributed by atoms with Gasteiger partial charge in [-0.25, -0.2) is 0 Å². The van der Waals surface area contributed by atoms with Gasteiger partial charge in [0.2, 0.25) is 0 Å². The van der Waals surface area contributed by atoms with Gasteiger partial charge in [-0.05, 0) is 108 Å². The molecule has 0 saturated carbocycles. The fourth-order valence-electron chi connectivity index (χ4n) is 9.42. The fraction of sp³-hybridized carbons (Fsp3) is 0.519. The van der Waals surface area contributed by atoms with Crippen LogP contribution in [0.5, 0.6) is 11.5 Å². The van der Waals surface area contributed by atoms with E-state index in [4.69, 9.17) is 18.9 Å². The molecule has 2 unspecified atom stereocenters. The molecule has 0 aliphatic carbocycles. The van der Waals surface area contributed by atoms with E-state index in [0.717, 1.165) is 28.1 Å². The number of benzene rings is 3. The summed E-state index contributed by atoms with van der Waals surface area (Å²) in [5.41, 5.74) is 3.46. The Morgan fingerprint density at radius 1 is 0.870 bits per heavy atom. The van der Waals surface area contributed by atoms with E-state index in [1.807, 2.05) is 111 Å². The van der Waals surface area contributed by atoms with E-state index in [1.165, 1.54) is 0 Å². The van der Waals surface area contributed by atoms with Gasteiger partial charge in [0.15, 0.2) is 12.1 Å². The first-order chi connectivity index (χ1) is 33.1. The van der Waals surface area contributed by atoms with Crippen molar-refractivity contribution >= 4 is 11.8 Å². The molecule has 374 valence electrons. The molecule has 4 N–H and O–H groups in total. The average molecular weight is 952 g/mol. The number of carbonyl (C=O) groups excluding carboxylic acids is 2. The van der Waals surface area contributed by atoms with E-state index in [0.29, 0.717) is 51.2 Å². The largest absolute Gasteiger partial charge is 0.462 e. The molecule has 1 saturated heterocycles. The number of aromatic nitrogens is 3. The van der Waals surface area contributed by atoms with Crippen molar-refractivity contribution in [2.45, 2.75) is 122 Å². The van der Waals surface area contributed by atoms with Crippen molar-refractivity contribution in [1.29, 1.82) is 0 Å². The number of ketones is 1. The first-order valence-electron chi connectivity index (χ1n) is 24.4. The molecule has 0 radical (unpaired) electrons. The predicted octanol–water partition coefficient (Wildman–Crippen LogP) is 6.46. The van der Waals surface area contributed by atoms with Gasteiger partial charge in [-0.3, -0.25) is 19.2 Å². The second kappa shape index (κ2) is 25.7. The summed E-state index contributed by atoms with van der Waals surface area (Å²) in [5.74, 6) is -1.41. The minimum Gasteiger partial charge on any atom is -0.462 e. The van der Waals surface area contributed by atoms with E-state index in [-0.39, 0.29) is 18.8 Å². The molecule has 4 aromatic rings. The molecular formula is C54H73N5O10. The van der Waals surface area contributed by atoms with Gasteiger partial charge in [0.25, 0.3) is 0 Å². The molecule has 0 bridgehead atoms. The molecule has 69 heavy (non-hydrogen) atoms. The third kappa shape index (κ3) is 15.0. The summed E-state index contributed by atoms with van der Waals surface area (Å²) in [7, 11) is 3.53. The highest BCUT2D eigenvalue weighted by Gasteiger charge is 2.47. The molecule has 0 amide bonds. The van der Waals surface area contributed by atoms with E-state index < -0.39 is 78.6 Å². The number of ether oxygens (including phenoxy) is 4. The number of para-hydroxylation sites is 1. The maximum Gasteiger partial charge on any atom is 0.308 e. The standard InChI is InChI=1S/C54H73N5O10/c1-8-48-42(34-60)29-35(2)19-24-46(61)36(3)30-41(53(37(4)47(62)31-49(63)68-48)69-54-52(65)50(57(6)7)51(64)38(5)66-54)25-26-58(32-39-15-11-9-12-16-39)27-28-59-33-45(55-56-59)40-20-22-44(23-21-40)67-43-17-13-10-14-18-43/h9-24,29,33,36-38,41-42,47-48,50-54,60,62,64-65H,8,25-28,30-32,34H2,1-7H3/b24-19+,35-29+/t36-,37+,38-,41+,42-,47-,48-,50?,51-,52?,53-,54+/m1/s1. The van der Waals surface area contributed by atoms with Crippen LogP contribution in [0.25, 0.3) is 11.3 Å². The lowest BCUT2D eigenvalue weighted by atomic mass is 9.79. The number of allylic oxidation sites excluding steroid dienone is 3. The summed E-state index contributed by atoms with van der Waals surface area (Å²) in [6.07, 6.45) is 0.946. The van der Waals surface area contributed by atoms with Crippen LogP contribution in [0.15, 0.2) is 115 Å². The number of aliphatic hydroxyl groups excluding tert-OH is 4. The van der Waals surface area contributed by atoms with Gasteiger partial charge in [0.1, 0.15) is 29.4 Å². The number of hydrogen-bond acceptors (Lipinski definition) is 14. The minimum absolute atomic E-state index is 0.106. The molecular weight excluding hydrogens is 879 g/mol. The Bertz CT molecular complexity index is 2260. The Kier molecular flexibility index (Phi) is 19.8. The van der Waals surface area contributed by atoms with Crippen LogP contribution in [0.4, 0.5) is 0 Å². The molecule has 3 aromatic carbocycles. The number of aliphatic hydroxyl groups is 4. The highest BCUT2D eigenvalue weighted by Crippen LogP contribution is 2.35. The summed E-state index contributed by atoms with van der Waals surface area (Å²) >= 11 is 0. The van der Waals surface area contributed by atoms with E-state index in [1.54, 1.807) is 45.0 Å². The maximum atomic E-state index is 14.0. The van der Waals surface area contributed by atoms with Crippen molar-refractivity contribution < 1.29 is 49.0 Å². The van der Waals surface area contributed by atoms with Gasteiger partial charge < -0.3 is 44.3 Å². The summed E-state index contributed by atoms with van der Waals surface area (Å²) in [6.45, 7) is 11.1. The third-order valence-electron chi connectivity index (χ3n) is 13.5. The highest BCUT2D eigenvalue weighted by molar-refractivity contribution is 5.91. The SMILES string of the molecule is CC[C@H]1OC(=O)C[C@@H](O)[C@H](C)[C@@H](O[C@@H]2O[C@H](C)[C@@H](O)C(N(C)C)C2O)[C@@H](CCN(CCn2cc(-c3ccc(Oc4ccccc4)cc3)nn2)Cc2ccccc2)C[C@@H](C)C(=O)/C=C/C(C)=C/[C@@H]1CO. The number of carbonyl (C=O) groups is 2. The molecule has 6 rings (SSSR count). The fourth-order valence-corrected chi connectivity index (χ4v) is 9.42. The van der Waals surface area contributed by atoms with Gasteiger partial charge in [-0.15, -0.1) is 5.10 Å². The number of nitrogens with zero attached hydrogens (tertiary/aromatic N) is 5. The van der Waals surface area contributed by atoms with Crippen LogP contribution in [0.3, 0.4) is 0 Å². The lowest BCUT2D eigenvalue weighted by molar-refractivity contribution is -0.304. The number of likely N-dealkylation sites (N-methyl/N-ethyl adjacent to an activating group) is 1. The van der Waals surface area contributed by atoms with Crippen LogP contribution in [-0.2, 0) is 36.9 Å². The predicted molar refractivity (Wildman–Crippen MR) is 263 cm³/mol. The Labute approximate surface area is 407 Å². The summed E-state index contributed by atoms with van der Waals surface area (Å²) in [5, 5.41) is 54.1. The molecule has 12 atom stereocenters.